The molecule has 0 saturated carbocycles. The molecule has 0 aromatic carbocycles. The Morgan fingerprint density at radius 2 is 0.740 bits per heavy atom. The summed E-state index contributed by atoms with van der Waals surface area (Å²) in [4.78, 5) is 35.7. The third-order valence-corrected chi connectivity index (χ3v) is 14.9. The van der Waals surface area contributed by atoms with Gasteiger partial charge in [0, 0.05) is 12.8 Å². The topological polar surface area (TPSA) is 108 Å². The van der Waals surface area contributed by atoms with Gasteiger partial charge in [-0.15, -0.1) is 0 Å². The van der Waals surface area contributed by atoms with E-state index in [1.165, 1.54) is 225 Å². The summed E-state index contributed by atoms with van der Waals surface area (Å²) >= 11 is 0. The van der Waals surface area contributed by atoms with Gasteiger partial charge in [-0.3, -0.25) is 18.6 Å². The van der Waals surface area contributed by atoms with Crippen molar-refractivity contribution in [1.82, 2.24) is 0 Å². The number of unbranched alkanes of at least 4 members (excludes halogenated alkanes) is 38. The largest absolute Gasteiger partial charge is 0.472 e. The number of carbonyl (C=O) groups is 2. The number of phosphoric ester groups is 1. The van der Waals surface area contributed by atoms with Gasteiger partial charge < -0.3 is 18.9 Å². The lowest BCUT2D eigenvalue weighted by atomic mass is 10.0. The Labute approximate surface area is 452 Å². The van der Waals surface area contributed by atoms with Crippen molar-refractivity contribution in [3.63, 3.8) is 0 Å². The van der Waals surface area contributed by atoms with E-state index >= 15 is 0 Å². The molecular formula is C63H121NO8P+. The highest BCUT2D eigenvalue weighted by Gasteiger charge is 2.27. The summed E-state index contributed by atoms with van der Waals surface area (Å²) in [6, 6.07) is 0. The molecule has 0 aliphatic heterocycles. The zero-order valence-corrected chi connectivity index (χ0v) is 49.8. The van der Waals surface area contributed by atoms with E-state index in [0.29, 0.717) is 23.9 Å². The minimum Gasteiger partial charge on any atom is -0.462 e. The molecule has 10 heteroatoms. The highest BCUT2D eigenvalue weighted by atomic mass is 31.2. The first kappa shape index (κ1) is 71.2. The molecule has 0 bridgehead atoms. The third kappa shape index (κ3) is 59.3. The predicted octanol–water partition coefficient (Wildman–Crippen LogP) is 19.5. The van der Waals surface area contributed by atoms with Gasteiger partial charge in [-0.1, -0.05) is 275 Å². The van der Waals surface area contributed by atoms with Crippen LogP contribution in [0, 0.1) is 0 Å². The fourth-order valence-electron chi connectivity index (χ4n) is 9.08. The molecular weight excluding hydrogens is 930 g/mol. The number of phosphoric acid groups is 1. The Morgan fingerprint density at radius 1 is 0.425 bits per heavy atom. The van der Waals surface area contributed by atoms with Crippen LogP contribution >= 0.6 is 7.82 Å². The summed E-state index contributed by atoms with van der Waals surface area (Å²) in [5.74, 6) is -0.780. The lowest BCUT2D eigenvalue weighted by Crippen LogP contribution is -2.37. The maximum absolute atomic E-state index is 12.8. The van der Waals surface area contributed by atoms with Crippen LogP contribution in [0.15, 0.2) is 36.5 Å². The van der Waals surface area contributed by atoms with Gasteiger partial charge >= 0.3 is 19.8 Å². The molecule has 0 fully saturated rings. The van der Waals surface area contributed by atoms with Gasteiger partial charge in [0.1, 0.15) is 19.8 Å². The normalized spacial score (nSPS) is 13.5. The monoisotopic (exact) mass is 1050 g/mol. The first-order valence-corrected chi connectivity index (χ1v) is 32.7. The van der Waals surface area contributed by atoms with Crippen molar-refractivity contribution in [3.8, 4) is 0 Å². The molecule has 73 heavy (non-hydrogen) atoms. The summed E-state index contributed by atoms with van der Waals surface area (Å²) in [7, 11) is 1.49. The minimum atomic E-state index is -4.38. The Morgan fingerprint density at radius 3 is 1.10 bits per heavy atom. The van der Waals surface area contributed by atoms with Crippen LogP contribution in [0.3, 0.4) is 0 Å². The number of ether oxygens (including phenoxy) is 2. The quantitative estimate of drug-likeness (QED) is 0.0211. The van der Waals surface area contributed by atoms with Crippen LogP contribution in [0.1, 0.15) is 303 Å². The fraction of sp³-hybridized carbons (Fsp3) is 0.873. The molecule has 0 aromatic heterocycles. The zero-order valence-electron chi connectivity index (χ0n) is 48.9. The Balaban J connectivity index is 4.05. The molecule has 2 atom stereocenters. The van der Waals surface area contributed by atoms with Crippen LogP contribution in [0.4, 0.5) is 0 Å². The van der Waals surface area contributed by atoms with Crippen molar-refractivity contribution < 1.29 is 42.1 Å². The molecule has 0 heterocycles. The SMILES string of the molecule is CCCCCCC/C=C\C/C=C\C/C=C\CCCCCCCCCCCCCCCCCCC(=O)OC(COC(=O)CCCCCCCCCCCCCCCCCCCC)COP(=O)(O)OCC[N+](C)(C)C. The van der Waals surface area contributed by atoms with Crippen LogP contribution in [0.5, 0.6) is 0 Å². The van der Waals surface area contributed by atoms with Gasteiger partial charge in [0.2, 0.25) is 0 Å². The molecule has 1 N–H and O–H groups in total. The number of nitrogens with zero attached hydrogens (tertiary/aromatic N) is 1. The Kier molecular flexibility index (Phi) is 53.7. The summed E-state index contributed by atoms with van der Waals surface area (Å²) in [6.45, 7) is 4.47. The molecule has 0 spiro atoms. The maximum atomic E-state index is 12.8. The molecule has 0 saturated heterocycles. The van der Waals surface area contributed by atoms with E-state index in [2.05, 4.69) is 50.3 Å². The van der Waals surface area contributed by atoms with Crippen molar-refractivity contribution in [2.75, 3.05) is 47.5 Å². The van der Waals surface area contributed by atoms with E-state index < -0.39 is 26.5 Å². The molecule has 2 unspecified atom stereocenters. The first-order chi connectivity index (χ1) is 35.5. The van der Waals surface area contributed by atoms with Crippen molar-refractivity contribution >= 4 is 19.8 Å². The molecule has 0 aliphatic carbocycles. The molecule has 0 aromatic rings. The number of quaternary nitrogens is 1. The zero-order chi connectivity index (χ0) is 53.5. The van der Waals surface area contributed by atoms with Crippen molar-refractivity contribution in [2.24, 2.45) is 0 Å². The second-order valence-corrected chi connectivity index (χ2v) is 23.9. The average Bonchev–Trinajstić information content (AvgIpc) is 3.35. The molecule has 0 aliphatic rings. The highest BCUT2D eigenvalue weighted by Crippen LogP contribution is 2.43. The number of hydrogen-bond acceptors (Lipinski definition) is 7. The first-order valence-electron chi connectivity index (χ1n) is 31.2. The molecule has 0 radical (unpaired) electrons. The van der Waals surface area contributed by atoms with Gasteiger partial charge in [0.15, 0.2) is 6.10 Å². The second kappa shape index (κ2) is 55.0. The average molecular weight is 1050 g/mol. The lowest BCUT2D eigenvalue weighted by molar-refractivity contribution is -0.870. The minimum absolute atomic E-state index is 0.0342. The van der Waals surface area contributed by atoms with Crippen LogP contribution in [-0.2, 0) is 32.7 Å². The van der Waals surface area contributed by atoms with E-state index in [9.17, 15) is 19.0 Å². The number of rotatable bonds is 58. The molecule has 0 amide bonds. The van der Waals surface area contributed by atoms with E-state index in [1.54, 1.807) is 0 Å². The molecule has 0 rings (SSSR count). The Hall–Kier alpha value is -1.77. The van der Waals surface area contributed by atoms with Crippen LogP contribution in [0.25, 0.3) is 0 Å². The van der Waals surface area contributed by atoms with Crippen molar-refractivity contribution in [2.45, 2.75) is 309 Å². The summed E-state index contributed by atoms with van der Waals surface area (Å²) in [6.07, 6.45) is 67.9. The number of esters is 2. The van der Waals surface area contributed by atoms with Crippen LogP contribution in [-0.4, -0.2) is 74.9 Å². The van der Waals surface area contributed by atoms with Gasteiger partial charge in [-0.2, -0.15) is 0 Å². The fourth-order valence-corrected chi connectivity index (χ4v) is 9.83. The second-order valence-electron chi connectivity index (χ2n) is 22.5. The third-order valence-electron chi connectivity index (χ3n) is 13.9. The lowest BCUT2D eigenvalue weighted by Gasteiger charge is -2.24. The van der Waals surface area contributed by atoms with Crippen molar-refractivity contribution in [3.05, 3.63) is 36.5 Å². The van der Waals surface area contributed by atoms with E-state index in [-0.39, 0.29) is 25.6 Å². The van der Waals surface area contributed by atoms with Gasteiger partial charge in [-0.25, -0.2) is 4.57 Å². The maximum Gasteiger partial charge on any atom is 0.472 e. The standard InChI is InChI=1S/C63H120NO8P/c1-6-8-10-12-14-16-18-20-22-24-26-27-28-29-30-31-32-33-34-35-36-37-38-40-42-44-46-48-50-52-54-56-63(66)72-61(60-71-73(67,68)70-58-57-64(3,4)5)59-69-62(65)55-53-51-49-47-45-43-41-39-25-23-21-19-17-15-13-11-9-7-2/h18,20,24,26,28-29,61H,6-17,19,21-23,25,27,30-60H2,1-5H3/p+1/b20-18-,26-24-,29-28-. The molecule has 430 valence electrons. The summed E-state index contributed by atoms with van der Waals surface area (Å²) < 4.78 is 34.6. The van der Waals surface area contributed by atoms with Crippen LogP contribution in [0.2, 0.25) is 0 Å². The summed E-state index contributed by atoms with van der Waals surface area (Å²) in [5.41, 5.74) is 0. The van der Waals surface area contributed by atoms with Crippen LogP contribution < -0.4 is 0 Å². The Bertz CT molecular complexity index is 1330. The smallest absolute Gasteiger partial charge is 0.462 e. The van der Waals surface area contributed by atoms with E-state index in [1.807, 2.05) is 21.1 Å². The number of allylic oxidation sites excluding steroid dienone is 6. The number of likely N-dealkylation sites (N-methyl/N-ethyl adjacent to an activating group) is 1. The number of hydrogen-bond donors (Lipinski definition) is 1. The van der Waals surface area contributed by atoms with E-state index in [0.717, 1.165) is 44.9 Å². The number of carbonyl (C=O) groups excluding carboxylic acids is 2. The predicted molar refractivity (Wildman–Crippen MR) is 312 cm³/mol. The van der Waals surface area contributed by atoms with Gasteiger partial charge in [-0.05, 0) is 51.4 Å². The summed E-state index contributed by atoms with van der Waals surface area (Å²) in [5, 5.41) is 0. The van der Waals surface area contributed by atoms with Crippen molar-refractivity contribution in [1.29, 1.82) is 0 Å². The van der Waals surface area contributed by atoms with Gasteiger partial charge in [0.05, 0.1) is 27.7 Å². The highest BCUT2D eigenvalue weighted by molar-refractivity contribution is 7.47. The van der Waals surface area contributed by atoms with E-state index in [4.69, 9.17) is 18.5 Å². The molecule has 9 nitrogen and oxygen atoms in total. The van der Waals surface area contributed by atoms with Gasteiger partial charge in [0.25, 0.3) is 0 Å².